The van der Waals surface area contributed by atoms with E-state index in [1.165, 1.54) is 44.9 Å². The Hall–Kier alpha value is -1.25. The van der Waals surface area contributed by atoms with Crippen LogP contribution in [-0.4, -0.2) is 17.6 Å². The van der Waals surface area contributed by atoms with Crippen molar-refractivity contribution in [2.45, 2.75) is 57.9 Å². The maximum absolute atomic E-state index is 5.43. The molecule has 1 heterocycles. The fourth-order valence-corrected chi connectivity index (χ4v) is 2.53. The standard InChI is InChI=1S/C15H24N2O/c1-2-18-15-12-8-11-14(17-15)16-13-9-6-4-3-5-7-10-13/h8,11-13H,2-7,9-10H2,1H3,(H,16,17). The number of rotatable bonds is 4. The van der Waals surface area contributed by atoms with Gasteiger partial charge in [-0.05, 0) is 25.8 Å². The minimum absolute atomic E-state index is 0.578. The average Bonchev–Trinajstić information content (AvgIpc) is 2.33. The fraction of sp³-hybridized carbons (Fsp3) is 0.667. The number of pyridine rings is 1. The number of hydrogen-bond acceptors (Lipinski definition) is 3. The van der Waals surface area contributed by atoms with Gasteiger partial charge in [-0.2, -0.15) is 4.98 Å². The van der Waals surface area contributed by atoms with Crippen LogP contribution in [0.2, 0.25) is 0 Å². The summed E-state index contributed by atoms with van der Waals surface area (Å²) >= 11 is 0. The highest BCUT2D eigenvalue weighted by Crippen LogP contribution is 2.21. The molecule has 0 aliphatic heterocycles. The van der Waals surface area contributed by atoms with Crippen LogP contribution in [0.5, 0.6) is 5.88 Å². The second-order valence-electron chi connectivity index (χ2n) is 4.98. The molecule has 0 atom stereocenters. The molecule has 1 fully saturated rings. The molecule has 2 rings (SSSR count). The van der Waals surface area contributed by atoms with E-state index >= 15 is 0 Å². The van der Waals surface area contributed by atoms with Crippen LogP contribution in [0.3, 0.4) is 0 Å². The third kappa shape index (κ3) is 4.21. The van der Waals surface area contributed by atoms with Crippen molar-refractivity contribution in [3.05, 3.63) is 18.2 Å². The fourth-order valence-electron chi connectivity index (χ4n) is 2.53. The third-order valence-corrected chi connectivity index (χ3v) is 3.47. The van der Waals surface area contributed by atoms with Gasteiger partial charge in [0.25, 0.3) is 0 Å². The van der Waals surface area contributed by atoms with Gasteiger partial charge in [0.15, 0.2) is 0 Å². The smallest absolute Gasteiger partial charge is 0.215 e. The molecular weight excluding hydrogens is 224 g/mol. The van der Waals surface area contributed by atoms with Crippen molar-refractivity contribution in [2.75, 3.05) is 11.9 Å². The molecule has 1 aromatic rings. The van der Waals surface area contributed by atoms with Gasteiger partial charge in [-0.25, -0.2) is 0 Å². The van der Waals surface area contributed by atoms with E-state index in [2.05, 4.69) is 10.3 Å². The molecule has 0 bridgehead atoms. The predicted octanol–water partition coefficient (Wildman–Crippen LogP) is 4.01. The van der Waals surface area contributed by atoms with Crippen LogP contribution in [-0.2, 0) is 0 Å². The molecule has 1 aromatic heterocycles. The molecule has 1 N–H and O–H groups in total. The first-order valence-corrected chi connectivity index (χ1v) is 7.25. The maximum atomic E-state index is 5.43. The van der Waals surface area contributed by atoms with E-state index in [9.17, 15) is 0 Å². The van der Waals surface area contributed by atoms with Crippen molar-refractivity contribution in [3.63, 3.8) is 0 Å². The van der Waals surface area contributed by atoms with Crippen molar-refractivity contribution >= 4 is 5.82 Å². The van der Waals surface area contributed by atoms with Crippen molar-refractivity contribution in [3.8, 4) is 5.88 Å². The predicted molar refractivity (Wildman–Crippen MR) is 75.1 cm³/mol. The largest absolute Gasteiger partial charge is 0.478 e. The summed E-state index contributed by atoms with van der Waals surface area (Å²) in [5.74, 6) is 1.67. The summed E-state index contributed by atoms with van der Waals surface area (Å²) in [6, 6.07) is 6.52. The Bertz CT molecular complexity index is 346. The van der Waals surface area contributed by atoms with E-state index in [0.29, 0.717) is 18.5 Å². The van der Waals surface area contributed by atoms with Gasteiger partial charge >= 0.3 is 0 Å². The summed E-state index contributed by atoms with van der Waals surface area (Å²) in [7, 11) is 0. The Labute approximate surface area is 110 Å². The lowest BCUT2D eigenvalue weighted by Gasteiger charge is -2.21. The minimum Gasteiger partial charge on any atom is -0.478 e. The van der Waals surface area contributed by atoms with Crippen LogP contribution in [0, 0.1) is 0 Å². The zero-order valence-electron chi connectivity index (χ0n) is 11.3. The van der Waals surface area contributed by atoms with E-state index in [4.69, 9.17) is 4.74 Å². The average molecular weight is 248 g/mol. The summed E-state index contributed by atoms with van der Waals surface area (Å²) in [5, 5.41) is 3.56. The van der Waals surface area contributed by atoms with Gasteiger partial charge in [0, 0.05) is 12.1 Å². The molecule has 0 aromatic carbocycles. The maximum Gasteiger partial charge on any atom is 0.215 e. The lowest BCUT2D eigenvalue weighted by molar-refractivity contribution is 0.327. The van der Waals surface area contributed by atoms with Gasteiger partial charge in [0.1, 0.15) is 5.82 Å². The molecule has 18 heavy (non-hydrogen) atoms. The quantitative estimate of drug-likeness (QED) is 0.874. The second kappa shape index (κ2) is 7.24. The lowest BCUT2D eigenvalue weighted by Crippen LogP contribution is -2.21. The molecule has 0 saturated heterocycles. The van der Waals surface area contributed by atoms with Gasteiger partial charge in [0.2, 0.25) is 5.88 Å². The van der Waals surface area contributed by atoms with Crippen LogP contribution in [0.1, 0.15) is 51.9 Å². The highest BCUT2D eigenvalue weighted by Gasteiger charge is 2.11. The summed E-state index contributed by atoms with van der Waals surface area (Å²) in [6.45, 7) is 2.65. The molecule has 0 amide bonds. The highest BCUT2D eigenvalue weighted by molar-refractivity contribution is 5.38. The van der Waals surface area contributed by atoms with Crippen molar-refractivity contribution in [2.24, 2.45) is 0 Å². The molecule has 100 valence electrons. The molecule has 0 spiro atoms. The second-order valence-corrected chi connectivity index (χ2v) is 4.98. The van der Waals surface area contributed by atoms with Crippen molar-refractivity contribution in [1.29, 1.82) is 0 Å². The van der Waals surface area contributed by atoms with E-state index in [-0.39, 0.29) is 0 Å². The molecule has 1 aliphatic carbocycles. The van der Waals surface area contributed by atoms with Gasteiger partial charge in [-0.15, -0.1) is 0 Å². The Morgan fingerprint density at radius 1 is 1.17 bits per heavy atom. The molecule has 1 aliphatic rings. The van der Waals surface area contributed by atoms with Crippen LogP contribution >= 0.6 is 0 Å². The van der Waals surface area contributed by atoms with Crippen LogP contribution in [0.15, 0.2) is 18.2 Å². The lowest BCUT2D eigenvalue weighted by atomic mass is 9.97. The first kappa shape index (κ1) is 13.2. The molecular formula is C15H24N2O. The molecule has 3 heteroatoms. The number of hydrogen-bond donors (Lipinski definition) is 1. The number of aromatic nitrogens is 1. The van der Waals surface area contributed by atoms with Crippen molar-refractivity contribution < 1.29 is 4.74 Å². The Morgan fingerprint density at radius 3 is 2.61 bits per heavy atom. The number of nitrogens with one attached hydrogen (secondary N) is 1. The van der Waals surface area contributed by atoms with Gasteiger partial charge in [-0.3, -0.25) is 0 Å². The van der Waals surface area contributed by atoms with Crippen LogP contribution in [0.4, 0.5) is 5.82 Å². The Kier molecular flexibility index (Phi) is 5.31. The van der Waals surface area contributed by atoms with Crippen LogP contribution < -0.4 is 10.1 Å². The summed E-state index contributed by atoms with van der Waals surface area (Å²) in [5.41, 5.74) is 0. The minimum atomic E-state index is 0.578. The normalized spacial score (nSPS) is 17.8. The number of nitrogens with zero attached hydrogens (tertiary/aromatic N) is 1. The molecule has 0 radical (unpaired) electrons. The van der Waals surface area contributed by atoms with E-state index in [1.807, 2.05) is 25.1 Å². The highest BCUT2D eigenvalue weighted by atomic mass is 16.5. The van der Waals surface area contributed by atoms with Crippen LogP contribution in [0.25, 0.3) is 0 Å². The van der Waals surface area contributed by atoms with E-state index < -0.39 is 0 Å². The summed E-state index contributed by atoms with van der Waals surface area (Å²) in [4.78, 5) is 4.48. The summed E-state index contributed by atoms with van der Waals surface area (Å²) in [6.07, 6.45) is 9.37. The SMILES string of the molecule is CCOc1cccc(NC2CCCCCCC2)n1. The van der Waals surface area contributed by atoms with E-state index in [1.54, 1.807) is 0 Å². The number of anilines is 1. The van der Waals surface area contributed by atoms with Gasteiger partial charge in [-0.1, -0.05) is 38.2 Å². The first-order valence-electron chi connectivity index (χ1n) is 7.25. The van der Waals surface area contributed by atoms with Crippen molar-refractivity contribution in [1.82, 2.24) is 4.98 Å². The monoisotopic (exact) mass is 248 g/mol. The molecule has 3 nitrogen and oxygen atoms in total. The number of ether oxygens (including phenoxy) is 1. The molecule has 0 unspecified atom stereocenters. The topological polar surface area (TPSA) is 34.1 Å². The third-order valence-electron chi connectivity index (χ3n) is 3.47. The summed E-state index contributed by atoms with van der Waals surface area (Å²) < 4.78 is 5.43. The van der Waals surface area contributed by atoms with E-state index in [0.717, 1.165) is 5.82 Å². The Balaban J connectivity index is 1.92. The van der Waals surface area contributed by atoms with Gasteiger partial charge < -0.3 is 10.1 Å². The molecule has 1 saturated carbocycles. The zero-order chi connectivity index (χ0) is 12.6. The Morgan fingerprint density at radius 2 is 1.89 bits per heavy atom. The van der Waals surface area contributed by atoms with Gasteiger partial charge in [0.05, 0.1) is 6.61 Å². The first-order chi connectivity index (χ1) is 8.88. The zero-order valence-corrected chi connectivity index (χ0v) is 11.3.